The molecule has 2 heterocycles. The monoisotopic (exact) mass is 592 g/mol. The van der Waals surface area contributed by atoms with E-state index in [0.29, 0.717) is 57.5 Å². The number of hydrogen-bond acceptors (Lipinski definition) is 9. The molecular weight excluding hydrogens is 564 g/mol. The van der Waals surface area contributed by atoms with Crippen molar-refractivity contribution in [3.05, 3.63) is 101 Å². The van der Waals surface area contributed by atoms with E-state index in [1.807, 2.05) is 37.3 Å². The van der Waals surface area contributed by atoms with E-state index in [-0.39, 0.29) is 28.6 Å². The topological polar surface area (TPSA) is 103 Å². The average molecular weight is 593 g/mol. The minimum Gasteiger partial charge on any atom is -0.496 e. The molecule has 0 spiro atoms. The summed E-state index contributed by atoms with van der Waals surface area (Å²) in [5.74, 6) is 1.95. The van der Waals surface area contributed by atoms with E-state index in [0.717, 1.165) is 5.56 Å². The van der Waals surface area contributed by atoms with Gasteiger partial charge in [0, 0.05) is 28.6 Å². The summed E-state index contributed by atoms with van der Waals surface area (Å²) in [4.78, 5) is 26.9. The maximum atomic E-state index is 13.7. The quantitative estimate of drug-likeness (QED) is 0.0987. The highest BCUT2D eigenvalue weighted by molar-refractivity contribution is 6.15. The summed E-state index contributed by atoms with van der Waals surface area (Å²) in [5.41, 5.74) is 2.38. The SMILES string of the molecule is CCOc1ccc2oc(-c3ccccc3)c(C(=O)Oc3ccc4c(c3)OC(=Cc3cc(OC)c(OC)cc3OC)C4=O)c2c1. The molecule has 0 unspecified atom stereocenters. The number of allylic oxidation sites excluding steroid dienone is 1. The first kappa shape index (κ1) is 28.4. The fraction of sp³-hybridized carbons (Fsp3) is 0.143. The lowest BCUT2D eigenvalue weighted by atomic mass is 10.1. The summed E-state index contributed by atoms with van der Waals surface area (Å²) in [7, 11) is 4.56. The second-order valence-electron chi connectivity index (χ2n) is 9.70. The number of furan rings is 1. The standard InChI is InChI=1S/C35H28O9/c1-5-41-22-12-14-26-25(17-22)32(34(44-26)20-9-7-6-8-10-20)35(37)42-23-11-13-24-28(18-23)43-31(33(24)36)16-21-15-29(39-3)30(40-4)19-27(21)38-2/h6-19H,5H2,1-4H3. The van der Waals surface area contributed by atoms with Gasteiger partial charge in [-0.3, -0.25) is 4.79 Å². The van der Waals surface area contributed by atoms with Gasteiger partial charge in [-0.2, -0.15) is 0 Å². The second kappa shape index (κ2) is 11.9. The van der Waals surface area contributed by atoms with Crippen LogP contribution in [0, 0.1) is 0 Å². The van der Waals surface area contributed by atoms with Crippen LogP contribution in [0.3, 0.4) is 0 Å². The number of ketones is 1. The molecule has 0 amide bonds. The molecule has 44 heavy (non-hydrogen) atoms. The van der Waals surface area contributed by atoms with Crippen molar-refractivity contribution in [3.8, 4) is 45.8 Å². The van der Waals surface area contributed by atoms with Crippen molar-refractivity contribution in [2.45, 2.75) is 6.92 Å². The lowest BCUT2D eigenvalue weighted by molar-refractivity contribution is 0.0736. The van der Waals surface area contributed by atoms with Gasteiger partial charge in [0.15, 0.2) is 17.3 Å². The third-order valence-corrected chi connectivity index (χ3v) is 7.09. The van der Waals surface area contributed by atoms with E-state index in [9.17, 15) is 9.59 Å². The molecule has 0 bridgehead atoms. The molecule has 222 valence electrons. The summed E-state index contributed by atoms with van der Waals surface area (Å²) < 4.78 is 39.8. The minimum absolute atomic E-state index is 0.0737. The predicted molar refractivity (Wildman–Crippen MR) is 163 cm³/mol. The van der Waals surface area contributed by atoms with Crippen LogP contribution in [0.5, 0.6) is 34.5 Å². The number of rotatable bonds is 9. The third kappa shape index (κ3) is 5.20. The van der Waals surface area contributed by atoms with Crippen molar-refractivity contribution in [3.63, 3.8) is 0 Å². The first-order valence-corrected chi connectivity index (χ1v) is 13.8. The first-order chi connectivity index (χ1) is 21.4. The number of esters is 1. The Bertz CT molecular complexity index is 1920. The van der Waals surface area contributed by atoms with Crippen molar-refractivity contribution in [2.75, 3.05) is 27.9 Å². The van der Waals surface area contributed by atoms with Crippen molar-refractivity contribution < 1.29 is 42.4 Å². The molecular formula is C35H28O9. The van der Waals surface area contributed by atoms with Crippen molar-refractivity contribution in [1.82, 2.24) is 0 Å². The number of Topliss-reactive ketones (excluding diaryl/α,β-unsaturated/α-hetero) is 1. The molecule has 0 atom stereocenters. The zero-order valence-electron chi connectivity index (χ0n) is 24.5. The van der Waals surface area contributed by atoms with Gasteiger partial charge in [0.1, 0.15) is 39.9 Å². The molecule has 5 aromatic rings. The van der Waals surface area contributed by atoms with Gasteiger partial charge in [-0.1, -0.05) is 30.3 Å². The van der Waals surface area contributed by atoms with Crippen LogP contribution in [0.2, 0.25) is 0 Å². The van der Waals surface area contributed by atoms with Crippen molar-refractivity contribution in [1.29, 1.82) is 0 Å². The van der Waals surface area contributed by atoms with E-state index in [4.69, 9.17) is 32.8 Å². The number of carbonyl (C=O) groups excluding carboxylic acids is 2. The fourth-order valence-electron chi connectivity index (χ4n) is 5.02. The summed E-state index contributed by atoms with van der Waals surface area (Å²) in [6.45, 7) is 2.35. The number of hydrogen-bond donors (Lipinski definition) is 0. The molecule has 0 N–H and O–H groups in total. The van der Waals surface area contributed by atoms with Crippen LogP contribution in [0.25, 0.3) is 28.4 Å². The minimum atomic E-state index is -0.633. The van der Waals surface area contributed by atoms with Gasteiger partial charge in [0.05, 0.1) is 33.5 Å². The van der Waals surface area contributed by atoms with Gasteiger partial charge in [0.25, 0.3) is 0 Å². The molecule has 4 aromatic carbocycles. The molecule has 1 aromatic heterocycles. The maximum absolute atomic E-state index is 13.7. The maximum Gasteiger partial charge on any atom is 0.348 e. The van der Waals surface area contributed by atoms with Gasteiger partial charge in [0.2, 0.25) is 5.78 Å². The normalized spacial score (nSPS) is 13.0. The Kier molecular flexibility index (Phi) is 7.68. The molecule has 1 aliphatic rings. The summed E-state index contributed by atoms with van der Waals surface area (Å²) in [6.07, 6.45) is 1.56. The molecule has 0 aliphatic carbocycles. The van der Waals surface area contributed by atoms with Gasteiger partial charge < -0.3 is 32.8 Å². The number of methoxy groups -OCH3 is 3. The molecule has 1 aliphatic heterocycles. The smallest absolute Gasteiger partial charge is 0.348 e. The predicted octanol–water partition coefficient (Wildman–Crippen LogP) is 7.36. The van der Waals surface area contributed by atoms with E-state index >= 15 is 0 Å². The Morgan fingerprint density at radius 3 is 2.27 bits per heavy atom. The molecule has 9 heteroatoms. The fourth-order valence-corrected chi connectivity index (χ4v) is 5.02. The Hall–Kier alpha value is -5.70. The largest absolute Gasteiger partial charge is 0.496 e. The number of benzene rings is 4. The van der Waals surface area contributed by atoms with E-state index in [2.05, 4.69) is 0 Å². The Morgan fingerprint density at radius 2 is 1.55 bits per heavy atom. The summed E-state index contributed by atoms with van der Waals surface area (Å²) in [5, 5.41) is 0.557. The second-order valence-corrected chi connectivity index (χ2v) is 9.70. The van der Waals surface area contributed by atoms with Crippen LogP contribution in [0.1, 0.15) is 33.2 Å². The van der Waals surface area contributed by atoms with Gasteiger partial charge in [-0.25, -0.2) is 4.79 Å². The van der Waals surface area contributed by atoms with E-state index in [1.54, 1.807) is 48.5 Å². The highest BCUT2D eigenvalue weighted by Crippen LogP contribution is 2.40. The van der Waals surface area contributed by atoms with Crippen LogP contribution in [0.15, 0.2) is 89.0 Å². The highest BCUT2D eigenvalue weighted by atomic mass is 16.5. The number of carbonyl (C=O) groups is 2. The van der Waals surface area contributed by atoms with Crippen LogP contribution >= 0.6 is 0 Å². The van der Waals surface area contributed by atoms with E-state index in [1.165, 1.54) is 27.4 Å². The summed E-state index contributed by atoms with van der Waals surface area (Å²) >= 11 is 0. The average Bonchev–Trinajstić information content (AvgIpc) is 3.58. The molecule has 0 fully saturated rings. The molecule has 0 saturated heterocycles. The third-order valence-electron chi connectivity index (χ3n) is 7.09. The Labute approximate surface area is 253 Å². The molecule has 0 radical (unpaired) electrons. The molecule has 6 rings (SSSR count). The van der Waals surface area contributed by atoms with Crippen LogP contribution < -0.4 is 28.4 Å². The lowest BCUT2D eigenvalue weighted by Gasteiger charge is -2.12. The van der Waals surface area contributed by atoms with Gasteiger partial charge in [-0.05, 0) is 49.4 Å². The summed E-state index contributed by atoms with van der Waals surface area (Å²) in [6, 6.07) is 22.6. The van der Waals surface area contributed by atoms with Crippen LogP contribution in [-0.4, -0.2) is 39.7 Å². The van der Waals surface area contributed by atoms with Gasteiger partial charge >= 0.3 is 5.97 Å². The van der Waals surface area contributed by atoms with E-state index < -0.39 is 5.97 Å². The first-order valence-electron chi connectivity index (χ1n) is 13.8. The highest BCUT2D eigenvalue weighted by Gasteiger charge is 2.30. The van der Waals surface area contributed by atoms with Crippen molar-refractivity contribution >= 4 is 28.8 Å². The molecule has 9 nitrogen and oxygen atoms in total. The van der Waals surface area contributed by atoms with Crippen LogP contribution in [0.4, 0.5) is 0 Å². The molecule has 0 saturated carbocycles. The number of ether oxygens (including phenoxy) is 6. The van der Waals surface area contributed by atoms with Crippen molar-refractivity contribution in [2.24, 2.45) is 0 Å². The Morgan fingerprint density at radius 1 is 0.818 bits per heavy atom. The van der Waals surface area contributed by atoms with Crippen LogP contribution in [-0.2, 0) is 0 Å². The lowest BCUT2D eigenvalue weighted by Crippen LogP contribution is -2.09. The van der Waals surface area contributed by atoms with Gasteiger partial charge in [-0.15, -0.1) is 0 Å². The number of fused-ring (bicyclic) bond motifs is 2. The zero-order chi connectivity index (χ0) is 30.8. The Balaban J connectivity index is 1.32. The zero-order valence-corrected chi connectivity index (χ0v) is 24.5.